The van der Waals surface area contributed by atoms with Gasteiger partial charge in [-0.3, -0.25) is 4.79 Å². The molecule has 1 amide bonds. The van der Waals surface area contributed by atoms with Crippen LogP contribution in [0, 0.1) is 12.3 Å². The van der Waals surface area contributed by atoms with Crippen LogP contribution >= 0.6 is 0 Å². The Morgan fingerprint density at radius 1 is 1.35 bits per heavy atom. The first-order chi connectivity index (χ1) is 8.03. The van der Waals surface area contributed by atoms with Crippen molar-refractivity contribution in [3.8, 4) is 0 Å². The predicted octanol–water partition coefficient (Wildman–Crippen LogP) is 1.96. The van der Waals surface area contributed by atoms with Gasteiger partial charge in [0.2, 0.25) is 5.91 Å². The van der Waals surface area contributed by atoms with Crippen LogP contribution in [-0.2, 0) is 4.79 Å². The average molecular weight is 232 g/mol. The van der Waals surface area contributed by atoms with Crippen LogP contribution in [0.25, 0.3) is 0 Å². The molecule has 1 unspecified atom stereocenters. The van der Waals surface area contributed by atoms with E-state index in [1.54, 1.807) is 4.90 Å². The molecule has 1 aromatic rings. The zero-order valence-corrected chi connectivity index (χ0v) is 10.8. The summed E-state index contributed by atoms with van der Waals surface area (Å²) in [6.45, 7) is 5.81. The van der Waals surface area contributed by atoms with Crippen LogP contribution in [0.5, 0.6) is 0 Å². The Morgan fingerprint density at radius 3 is 2.53 bits per heavy atom. The van der Waals surface area contributed by atoms with Gasteiger partial charge in [-0.05, 0) is 38.9 Å². The fourth-order valence-corrected chi connectivity index (χ4v) is 2.29. The van der Waals surface area contributed by atoms with E-state index in [-0.39, 0.29) is 11.3 Å². The summed E-state index contributed by atoms with van der Waals surface area (Å²) in [6, 6.07) is 8.07. The quantitative estimate of drug-likeness (QED) is 0.845. The molecule has 0 bridgehead atoms. The number of nitrogens with one attached hydrogen (secondary N) is 1. The third-order valence-electron chi connectivity index (χ3n) is 3.61. The lowest BCUT2D eigenvalue weighted by atomic mass is 9.88. The maximum atomic E-state index is 12.4. The lowest BCUT2D eigenvalue weighted by Gasteiger charge is -2.28. The number of hydrogen-bond donors (Lipinski definition) is 1. The summed E-state index contributed by atoms with van der Waals surface area (Å²) in [7, 11) is 1.86. The minimum atomic E-state index is -0.250. The molecular weight excluding hydrogens is 212 g/mol. The summed E-state index contributed by atoms with van der Waals surface area (Å²) < 4.78 is 0. The molecule has 0 radical (unpaired) electrons. The number of hydrogen-bond acceptors (Lipinski definition) is 2. The molecule has 1 heterocycles. The first-order valence-electron chi connectivity index (χ1n) is 6.08. The predicted molar refractivity (Wildman–Crippen MR) is 70.2 cm³/mol. The van der Waals surface area contributed by atoms with Gasteiger partial charge in [-0.1, -0.05) is 17.7 Å². The van der Waals surface area contributed by atoms with E-state index in [4.69, 9.17) is 0 Å². The van der Waals surface area contributed by atoms with Crippen molar-refractivity contribution in [2.24, 2.45) is 5.41 Å². The standard InChI is InChI=1S/C14H20N2O/c1-11-4-6-12(7-5-11)16(3)13(17)14(2)8-9-15-10-14/h4-7,15H,8-10H2,1-3H3. The summed E-state index contributed by atoms with van der Waals surface area (Å²) in [6.07, 6.45) is 0.919. The summed E-state index contributed by atoms with van der Waals surface area (Å²) in [4.78, 5) is 14.2. The summed E-state index contributed by atoms with van der Waals surface area (Å²) in [5.74, 6) is 0.200. The molecule has 3 nitrogen and oxygen atoms in total. The Bertz CT molecular complexity index is 405. The van der Waals surface area contributed by atoms with Crippen molar-refractivity contribution in [3.63, 3.8) is 0 Å². The van der Waals surface area contributed by atoms with Crippen LogP contribution in [0.4, 0.5) is 5.69 Å². The van der Waals surface area contributed by atoms with Crippen LogP contribution in [0.2, 0.25) is 0 Å². The fourth-order valence-electron chi connectivity index (χ4n) is 2.29. The molecule has 1 aromatic carbocycles. The van der Waals surface area contributed by atoms with Crippen LogP contribution in [0.15, 0.2) is 24.3 Å². The molecule has 17 heavy (non-hydrogen) atoms. The third kappa shape index (κ3) is 2.34. The van der Waals surface area contributed by atoms with Gasteiger partial charge in [-0.15, -0.1) is 0 Å². The van der Waals surface area contributed by atoms with Crippen LogP contribution in [0.3, 0.4) is 0 Å². The van der Waals surface area contributed by atoms with Gasteiger partial charge in [0.1, 0.15) is 0 Å². The van der Waals surface area contributed by atoms with Crippen LogP contribution in [0.1, 0.15) is 18.9 Å². The number of aryl methyl sites for hydroxylation is 1. The van der Waals surface area contributed by atoms with Crippen molar-refractivity contribution in [3.05, 3.63) is 29.8 Å². The number of carbonyl (C=O) groups is 1. The van der Waals surface area contributed by atoms with Crippen LogP contribution in [-0.4, -0.2) is 26.0 Å². The molecule has 1 saturated heterocycles. The van der Waals surface area contributed by atoms with Crippen molar-refractivity contribution in [1.29, 1.82) is 0 Å². The van der Waals surface area contributed by atoms with E-state index in [2.05, 4.69) is 5.32 Å². The molecule has 2 rings (SSSR count). The maximum Gasteiger partial charge on any atom is 0.233 e. The van der Waals surface area contributed by atoms with Gasteiger partial charge in [0.25, 0.3) is 0 Å². The summed E-state index contributed by atoms with van der Waals surface area (Å²) in [5, 5.41) is 3.26. The smallest absolute Gasteiger partial charge is 0.233 e. The Morgan fingerprint density at radius 2 is 2.00 bits per heavy atom. The number of amides is 1. The van der Waals surface area contributed by atoms with Gasteiger partial charge in [0.05, 0.1) is 5.41 Å². The van der Waals surface area contributed by atoms with E-state index in [1.165, 1.54) is 5.56 Å². The van der Waals surface area contributed by atoms with Gasteiger partial charge in [0.15, 0.2) is 0 Å². The highest BCUT2D eigenvalue weighted by Crippen LogP contribution is 2.29. The molecular formula is C14H20N2O. The monoisotopic (exact) mass is 232 g/mol. The van der Waals surface area contributed by atoms with Crippen molar-refractivity contribution in [2.75, 3.05) is 25.0 Å². The first kappa shape index (κ1) is 12.1. The minimum Gasteiger partial charge on any atom is -0.316 e. The van der Waals surface area contributed by atoms with Gasteiger partial charge in [0, 0.05) is 19.3 Å². The Kier molecular flexibility index (Phi) is 3.20. The van der Waals surface area contributed by atoms with E-state index in [1.807, 2.05) is 45.2 Å². The average Bonchev–Trinajstić information content (AvgIpc) is 2.76. The van der Waals surface area contributed by atoms with E-state index < -0.39 is 0 Å². The molecule has 1 N–H and O–H groups in total. The zero-order chi connectivity index (χ0) is 12.5. The van der Waals surface area contributed by atoms with Crippen molar-refractivity contribution >= 4 is 11.6 Å². The van der Waals surface area contributed by atoms with E-state index in [9.17, 15) is 4.79 Å². The number of anilines is 1. The SMILES string of the molecule is Cc1ccc(N(C)C(=O)C2(C)CCNC2)cc1. The number of benzene rings is 1. The van der Waals surface area contributed by atoms with Crippen molar-refractivity contribution in [1.82, 2.24) is 5.32 Å². The maximum absolute atomic E-state index is 12.4. The number of rotatable bonds is 2. The first-order valence-corrected chi connectivity index (χ1v) is 6.08. The van der Waals surface area contributed by atoms with Gasteiger partial charge in [-0.2, -0.15) is 0 Å². The van der Waals surface area contributed by atoms with E-state index in [0.717, 1.165) is 25.2 Å². The normalized spacial score (nSPS) is 23.7. The second-order valence-electron chi connectivity index (χ2n) is 5.19. The number of carbonyl (C=O) groups excluding carboxylic acids is 1. The summed E-state index contributed by atoms with van der Waals surface area (Å²) >= 11 is 0. The summed E-state index contributed by atoms with van der Waals surface area (Å²) in [5.41, 5.74) is 1.93. The molecule has 1 atom stereocenters. The molecule has 1 aliphatic rings. The fraction of sp³-hybridized carbons (Fsp3) is 0.500. The lowest BCUT2D eigenvalue weighted by Crippen LogP contribution is -2.41. The molecule has 0 aliphatic carbocycles. The van der Waals surface area contributed by atoms with Gasteiger partial charge in [-0.25, -0.2) is 0 Å². The molecule has 92 valence electrons. The van der Waals surface area contributed by atoms with Crippen LogP contribution < -0.4 is 10.2 Å². The Labute approximate surface area is 103 Å². The van der Waals surface area contributed by atoms with Gasteiger partial charge < -0.3 is 10.2 Å². The van der Waals surface area contributed by atoms with Crippen molar-refractivity contribution in [2.45, 2.75) is 20.3 Å². The van der Waals surface area contributed by atoms with E-state index in [0.29, 0.717) is 0 Å². The topological polar surface area (TPSA) is 32.3 Å². The molecule has 0 spiro atoms. The molecule has 3 heteroatoms. The second-order valence-corrected chi connectivity index (χ2v) is 5.19. The minimum absolute atomic E-state index is 0.200. The lowest BCUT2D eigenvalue weighted by molar-refractivity contribution is -0.126. The third-order valence-corrected chi connectivity index (χ3v) is 3.61. The van der Waals surface area contributed by atoms with Crippen molar-refractivity contribution < 1.29 is 4.79 Å². The highest BCUT2D eigenvalue weighted by molar-refractivity contribution is 5.97. The van der Waals surface area contributed by atoms with Gasteiger partial charge >= 0.3 is 0 Å². The van der Waals surface area contributed by atoms with E-state index >= 15 is 0 Å². The molecule has 0 saturated carbocycles. The Balaban J connectivity index is 2.17. The highest BCUT2D eigenvalue weighted by atomic mass is 16.2. The molecule has 1 fully saturated rings. The molecule has 1 aliphatic heterocycles. The Hall–Kier alpha value is -1.35. The largest absolute Gasteiger partial charge is 0.316 e. The molecule has 0 aromatic heterocycles. The second kappa shape index (κ2) is 4.49. The number of nitrogens with zero attached hydrogens (tertiary/aromatic N) is 1. The zero-order valence-electron chi connectivity index (χ0n) is 10.8. The highest BCUT2D eigenvalue weighted by Gasteiger charge is 2.38.